The van der Waals surface area contributed by atoms with Crippen molar-refractivity contribution in [2.45, 2.75) is 0 Å². The molecule has 0 spiro atoms. The molecule has 0 saturated heterocycles. The second kappa shape index (κ2) is 6.16. The van der Waals surface area contributed by atoms with Crippen LogP contribution in [0.4, 0.5) is 17.6 Å². The van der Waals surface area contributed by atoms with E-state index in [0.717, 1.165) is 24.3 Å². The smallest absolute Gasteiger partial charge is 0.332 e. The van der Waals surface area contributed by atoms with Crippen molar-refractivity contribution in [3.8, 4) is 23.6 Å². The summed E-state index contributed by atoms with van der Waals surface area (Å²) in [6.45, 7) is 0. The fourth-order valence-corrected chi connectivity index (χ4v) is 1.72. The Morgan fingerprint density at radius 2 is 1.48 bits per heavy atom. The highest BCUT2D eigenvalue weighted by Gasteiger charge is 2.26. The third-order valence-electron chi connectivity index (χ3n) is 2.81. The Morgan fingerprint density at radius 3 is 1.96 bits per heavy atom. The zero-order valence-electron chi connectivity index (χ0n) is 11.0. The average molecular weight is 320 g/mol. The molecule has 2 aromatic carbocycles. The van der Waals surface area contributed by atoms with Crippen molar-refractivity contribution in [1.82, 2.24) is 0 Å². The van der Waals surface area contributed by atoms with Crippen LogP contribution < -0.4 is 4.74 Å². The Bertz CT molecular complexity index is 881. The third kappa shape index (κ3) is 2.83. The van der Waals surface area contributed by atoms with E-state index < -0.39 is 40.4 Å². The number of nitriles is 2. The van der Waals surface area contributed by atoms with Gasteiger partial charge in [-0.1, -0.05) is 0 Å². The first-order valence-electron chi connectivity index (χ1n) is 5.89. The highest BCUT2D eigenvalue weighted by Crippen LogP contribution is 2.34. The number of hydrogen-bond donors (Lipinski definition) is 0. The maximum atomic E-state index is 13.8. The van der Waals surface area contributed by atoms with Crippen LogP contribution >= 0.6 is 0 Å². The van der Waals surface area contributed by atoms with Crippen molar-refractivity contribution in [1.29, 1.82) is 10.5 Å². The summed E-state index contributed by atoms with van der Waals surface area (Å²) in [5.74, 6) is -6.72. The summed E-state index contributed by atoms with van der Waals surface area (Å²) in [6, 6.07) is 5.04. The normalized spacial score (nSPS) is 9.83. The number of rotatable bonds is 3. The molecule has 0 atom stereocenters. The molecule has 0 aromatic heterocycles. The molecule has 0 saturated carbocycles. The second-order valence-electron chi connectivity index (χ2n) is 4.14. The largest absolute Gasteiger partial charge is 0.453 e. The monoisotopic (exact) mass is 320 g/mol. The van der Waals surface area contributed by atoms with E-state index in [1.54, 1.807) is 0 Å². The molecule has 23 heavy (non-hydrogen) atoms. The van der Waals surface area contributed by atoms with Crippen LogP contribution in [0.15, 0.2) is 24.3 Å². The maximum Gasteiger partial charge on any atom is 0.332 e. The molecular weight excluding hydrogens is 316 g/mol. The number of hydrogen-bond acceptors (Lipinski definition) is 4. The van der Waals surface area contributed by atoms with Gasteiger partial charge in [-0.3, -0.25) is 4.79 Å². The molecular formula is C15H4F4N2O2. The minimum atomic E-state index is -1.97. The van der Waals surface area contributed by atoms with Crippen LogP contribution in [0, 0.1) is 40.1 Å². The van der Waals surface area contributed by atoms with Gasteiger partial charge < -0.3 is 4.74 Å². The van der Waals surface area contributed by atoms with Crippen LogP contribution in [0.5, 0.6) is 11.5 Å². The van der Waals surface area contributed by atoms with Crippen LogP contribution in [-0.2, 0) is 0 Å². The van der Waals surface area contributed by atoms with Crippen molar-refractivity contribution in [2.75, 3.05) is 0 Å². The van der Waals surface area contributed by atoms with Crippen LogP contribution in [0.25, 0.3) is 0 Å². The molecule has 0 N–H and O–H groups in total. The summed E-state index contributed by atoms with van der Waals surface area (Å²) in [4.78, 5) is 10.5. The van der Waals surface area contributed by atoms with Gasteiger partial charge in [0.2, 0.25) is 5.82 Å². The molecule has 0 fully saturated rings. The van der Waals surface area contributed by atoms with Gasteiger partial charge in [0.15, 0.2) is 17.4 Å². The topological polar surface area (TPSA) is 73.9 Å². The van der Waals surface area contributed by atoms with E-state index in [1.165, 1.54) is 12.1 Å². The quantitative estimate of drug-likeness (QED) is 0.490. The molecule has 0 aliphatic rings. The lowest BCUT2D eigenvalue weighted by Crippen LogP contribution is -2.04. The summed E-state index contributed by atoms with van der Waals surface area (Å²) >= 11 is 0. The molecule has 0 aliphatic carbocycles. The molecule has 4 nitrogen and oxygen atoms in total. The molecule has 8 heteroatoms. The first kappa shape index (κ1) is 16.0. The van der Waals surface area contributed by atoms with Gasteiger partial charge in [-0.15, -0.1) is 0 Å². The van der Waals surface area contributed by atoms with Gasteiger partial charge in [0, 0.05) is 0 Å². The number of nitrogens with zero attached hydrogens (tertiary/aromatic N) is 2. The molecule has 0 heterocycles. The number of ether oxygens (including phenoxy) is 1. The van der Waals surface area contributed by atoms with Crippen LogP contribution in [-0.4, -0.2) is 6.04 Å². The van der Waals surface area contributed by atoms with E-state index in [1.807, 2.05) is 0 Å². The Kier molecular flexibility index (Phi) is 4.28. The minimum Gasteiger partial charge on any atom is -0.453 e. The number of carbonyl (C=O) groups excluding carboxylic acids is 1. The van der Waals surface area contributed by atoms with Crippen molar-refractivity contribution >= 4 is 6.04 Å². The van der Waals surface area contributed by atoms with E-state index >= 15 is 0 Å². The molecule has 0 amide bonds. The molecule has 0 bridgehead atoms. The van der Waals surface area contributed by atoms with Crippen molar-refractivity contribution in [3.63, 3.8) is 0 Å². The second-order valence-corrected chi connectivity index (χ2v) is 4.14. The summed E-state index contributed by atoms with van der Waals surface area (Å²) in [7, 11) is 0. The predicted octanol–water partition coefficient (Wildman–Crippen LogP) is 3.75. The molecule has 0 radical (unpaired) electrons. The molecule has 2 aromatic rings. The standard InChI is InChI=1S/C15H4F4N2O2/c16-11-9(5-20)10(6-21)14(13(18)12(11)17)23-8-3-1-7(2-4-8)15(19)22/h1-4H. The van der Waals surface area contributed by atoms with Gasteiger partial charge in [0.1, 0.15) is 29.0 Å². The van der Waals surface area contributed by atoms with Gasteiger partial charge in [-0.25, -0.2) is 8.78 Å². The van der Waals surface area contributed by atoms with Crippen molar-refractivity contribution < 1.29 is 27.1 Å². The van der Waals surface area contributed by atoms with Crippen molar-refractivity contribution in [3.05, 3.63) is 58.4 Å². The molecule has 0 aliphatic heterocycles. The molecule has 114 valence electrons. The van der Waals surface area contributed by atoms with E-state index in [-0.39, 0.29) is 11.3 Å². The van der Waals surface area contributed by atoms with E-state index in [0.29, 0.717) is 0 Å². The van der Waals surface area contributed by atoms with Gasteiger partial charge in [0.05, 0.1) is 5.56 Å². The van der Waals surface area contributed by atoms with Gasteiger partial charge >= 0.3 is 6.04 Å². The lowest BCUT2D eigenvalue weighted by atomic mass is 10.1. The fraction of sp³-hybridized carbons (Fsp3) is 0. The summed E-state index contributed by atoms with van der Waals surface area (Å²) < 4.78 is 58.1. The Morgan fingerprint density at radius 1 is 0.913 bits per heavy atom. The number of halogens is 4. The first-order valence-corrected chi connectivity index (χ1v) is 5.89. The maximum absolute atomic E-state index is 13.8. The van der Waals surface area contributed by atoms with E-state index in [9.17, 15) is 22.4 Å². The average Bonchev–Trinajstić information content (AvgIpc) is 2.55. The van der Waals surface area contributed by atoms with Crippen molar-refractivity contribution in [2.24, 2.45) is 0 Å². The lowest BCUT2D eigenvalue weighted by molar-refractivity contribution is 0.0836. The van der Waals surface area contributed by atoms with E-state index in [2.05, 4.69) is 0 Å². The minimum absolute atomic E-state index is 0.180. The molecule has 0 unspecified atom stereocenters. The molecule has 2 rings (SSSR count). The Balaban J connectivity index is 2.56. The Labute approximate surface area is 126 Å². The van der Waals surface area contributed by atoms with Crippen LogP contribution in [0.2, 0.25) is 0 Å². The summed E-state index contributed by atoms with van der Waals surface area (Å²) in [5, 5.41) is 17.7. The number of carbonyl (C=O) groups is 1. The van der Waals surface area contributed by atoms with Crippen LogP contribution in [0.1, 0.15) is 21.5 Å². The predicted molar refractivity (Wildman–Crippen MR) is 67.7 cm³/mol. The summed E-state index contributed by atoms with van der Waals surface area (Å²) in [6.07, 6.45) is 0. The first-order chi connectivity index (χ1) is 10.9. The summed E-state index contributed by atoms with van der Waals surface area (Å²) in [5.41, 5.74) is -2.13. The Hall–Kier alpha value is -3.39. The zero-order chi connectivity index (χ0) is 17.1. The number of benzene rings is 2. The zero-order valence-corrected chi connectivity index (χ0v) is 11.0. The van der Waals surface area contributed by atoms with Gasteiger partial charge in [0.25, 0.3) is 0 Å². The fourth-order valence-electron chi connectivity index (χ4n) is 1.72. The van der Waals surface area contributed by atoms with Crippen LogP contribution in [0.3, 0.4) is 0 Å². The lowest BCUT2D eigenvalue weighted by Gasteiger charge is -2.11. The highest BCUT2D eigenvalue weighted by molar-refractivity contribution is 5.88. The van der Waals surface area contributed by atoms with Gasteiger partial charge in [-0.2, -0.15) is 19.3 Å². The highest BCUT2D eigenvalue weighted by atomic mass is 19.2. The van der Waals surface area contributed by atoms with Gasteiger partial charge in [-0.05, 0) is 24.3 Å². The third-order valence-corrected chi connectivity index (χ3v) is 2.81. The SMILES string of the molecule is N#Cc1c(F)c(F)c(F)c(Oc2ccc(C(=O)F)cc2)c1C#N. The van der Waals surface area contributed by atoms with E-state index in [4.69, 9.17) is 15.3 Å².